The van der Waals surface area contributed by atoms with Crippen LogP contribution >= 0.6 is 11.6 Å². The normalized spacial score (nSPS) is 11.2. The van der Waals surface area contributed by atoms with Gasteiger partial charge in [-0.1, -0.05) is 11.6 Å². The van der Waals surface area contributed by atoms with E-state index in [9.17, 15) is 12.8 Å². The molecule has 8 heteroatoms. The van der Waals surface area contributed by atoms with Crippen LogP contribution in [0.25, 0.3) is 0 Å². The van der Waals surface area contributed by atoms with E-state index >= 15 is 0 Å². The maximum atomic E-state index is 13.7. The van der Waals surface area contributed by atoms with E-state index in [1.54, 1.807) is 6.92 Å². The van der Waals surface area contributed by atoms with Crippen LogP contribution in [0.4, 0.5) is 10.1 Å². The smallest absolute Gasteiger partial charge is 0.263 e. The van der Waals surface area contributed by atoms with Gasteiger partial charge in [-0.05, 0) is 31.2 Å². The molecule has 1 aromatic carbocycles. The summed E-state index contributed by atoms with van der Waals surface area (Å²) in [7, 11) is -3.85. The molecule has 0 aliphatic heterocycles. The van der Waals surface area contributed by atoms with Crippen LogP contribution in [0.5, 0.6) is 5.75 Å². The van der Waals surface area contributed by atoms with E-state index in [2.05, 4.69) is 9.71 Å². The van der Waals surface area contributed by atoms with Crippen molar-refractivity contribution >= 4 is 27.3 Å². The van der Waals surface area contributed by atoms with Gasteiger partial charge >= 0.3 is 0 Å². The van der Waals surface area contributed by atoms with Crippen LogP contribution in [-0.2, 0) is 10.0 Å². The SMILES string of the molecule is CCOc1ccc(NS(=O)(=O)c2ccc(Cl)nc2)cc1F. The van der Waals surface area contributed by atoms with Crippen LogP contribution in [0.2, 0.25) is 5.15 Å². The fraction of sp³-hybridized carbons (Fsp3) is 0.154. The molecule has 0 radical (unpaired) electrons. The predicted molar refractivity (Wildman–Crippen MR) is 77.6 cm³/mol. The number of ether oxygens (including phenoxy) is 1. The number of aromatic nitrogens is 1. The summed E-state index contributed by atoms with van der Waals surface area (Å²) < 4.78 is 45.2. The summed E-state index contributed by atoms with van der Waals surface area (Å²) in [4.78, 5) is 3.63. The number of pyridine rings is 1. The lowest BCUT2D eigenvalue weighted by atomic mass is 10.3. The van der Waals surface area contributed by atoms with Crippen LogP contribution in [0, 0.1) is 5.82 Å². The van der Waals surface area contributed by atoms with E-state index in [-0.39, 0.29) is 21.5 Å². The Morgan fingerprint density at radius 1 is 1.33 bits per heavy atom. The first kappa shape index (κ1) is 15.5. The number of nitrogens with zero attached hydrogens (tertiary/aromatic N) is 1. The molecule has 0 fully saturated rings. The second kappa shape index (κ2) is 6.28. The number of hydrogen-bond donors (Lipinski definition) is 1. The molecule has 112 valence electrons. The van der Waals surface area contributed by atoms with Gasteiger partial charge in [-0.2, -0.15) is 0 Å². The Hall–Kier alpha value is -1.86. The van der Waals surface area contributed by atoms with Crippen LogP contribution in [0.1, 0.15) is 6.92 Å². The molecule has 0 aliphatic rings. The monoisotopic (exact) mass is 330 g/mol. The van der Waals surface area contributed by atoms with Gasteiger partial charge < -0.3 is 4.74 Å². The molecule has 0 atom stereocenters. The lowest BCUT2D eigenvalue weighted by molar-refractivity contribution is 0.321. The quantitative estimate of drug-likeness (QED) is 0.855. The molecule has 0 spiro atoms. The summed E-state index contributed by atoms with van der Waals surface area (Å²) in [6.07, 6.45) is 1.12. The van der Waals surface area contributed by atoms with Gasteiger partial charge in [-0.15, -0.1) is 0 Å². The van der Waals surface area contributed by atoms with E-state index in [0.29, 0.717) is 6.61 Å². The number of rotatable bonds is 5. The lowest BCUT2D eigenvalue weighted by Crippen LogP contribution is -2.13. The summed E-state index contributed by atoms with van der Waals surface area (Å²) in [6.45, 7) is 2.04. The minimum atomic E-state index is -3.85. The zero-order valence-corrected chi connectivity index (χ0v) is 12.6. The molecule has 0 bridgehead atoms. The molecular weight excluding hydrogens is 319 g/mol. The zero-order chi connectivity index (χ0) is 15.5. The van der Waals surface area contributed by atoms with Crippen LogP contribution < -0.4 is 9.46 Å². The van der Waals surface area contributed by atoms with Gasteiger partial charge in [0, 0.05) is 12.3 Å². The van der Waals surface area contributed by atoms with Gasteiger partial charge in [0.25, 0.3) is 10.0 Å². The molecule has 0 unspecified atom stereocenters. The summed E-state index contributed by atoms with van der Waals surface area (Å²) in [6, 6.07) is 6.48. The van der Waals surface area contributed by atoms with Crippen molar-refractivity contribution in [2.45, 2.75) is 11.8 Å². The lowest BCUT2D eigenvalue weighted by Gasteiger charge is -2.10. The van der Waals surface area contributed by atoms with Crippen LogP contribution in [0.3, 0.4) is 0 Å². The van der Waals surface area contributed by atoms with Gasteiger partial charge in [0.2, 0.25) is 0 Å². The number of hydrogen-bond acceptors (Lipinski definition) is 4. The average Bonchev–Trinajstić information content (AvgIpc) is 2.42. The number of sulfonamides is 1. The Labute approximate surface area is 126 Å². The van der Waals surface area contributed by atoms with E-state index in [1.165, 1.54) is 24.3 Å². The van der Waals surface area contributed by atoms with Crippen molar-refractivity contribution in [3.05, 3.63) is 47.5 Å². The second-order valence-electron chi connectivity index (χ2n) is 4.00. The van der Waals surface area contributed by atoms with E-state index in [1.807, 2.05) is 0 Å². The molecule has 5 nitrogen and oxygen atoms in total. The van der Waals surface area contributed by atoms with E-state index < -0.39 is 15.8 Å². The third kappa shape index (κ3) is 3.83. The molecule has 1 aromatic heterocycles. The zero-order valence-electron chi connectivity index (χ0n) is 11.0. The summed E-state index contributed by atoms with van der Waals surface area (Å²) in [5.74, 6) is -0.583. The molecule has 2 aromatic rings. The Kier molecular flexibility index (Phi) is 4.64. The third-order valence-electron chi connectivity index (χ3n) is 2.49. The second-order valence-corrected chi connectivity index (χ2v) is 6.07. The highest BCUT2D eigenvalue weighted by Crippen LogP contribution is 2.23. The van der Waals surface area contributed by atoms with E-state index in [0.717, 1.165) is 12.3 Å². The fourth-order valence-corrected chi connectivity index (χ4v) is 2.68. The largest absolute Gasteiger partial charge is 0.491 e. The molecule has 1 N–H and O–H groups in total. The summed E-state index contributed by atoms with van der Waals surface area (Å²) >= 11 is 5.60. The molecule has 0 aliphatic carbocycles. The van der Waals surface area contributed by atoms with Gasteiger partial charge in [0.05, 0.1) is 12.3 Å². The van der Waals surface area contributed by atoms with Crippen molar-refractivity contribution in [3.63, 3.8) is 0 Å². The standard InChI is InChI=1S/C13H12ClFN2O3S/c1-2-20-12-5-3-9(7-11(12)15)17-21(18,19)10-4-6-13(14)16-8-10/h3-8,17H,2H2,1H3. The van der Waals surface area contributed by atoms with Crippen LogP contribution in [0.15, 0.2) is 41.4 Å². The molecule has 0 saturated carbocycles. The van der Waals surface area contributed by atoms with Gasteiger partial charge in [0.15, 0.2) is 11.6 Å². The predicted octanol–water partition coefficient (Wildman–Crippen LogP) is 3.07. The highest BCUT2D eigenvalue weighted by atomic mass is 35.5. The Bertz CT molecular complexity index is 736. The van der Waals surface area contributed by atoms with Crippen molar-refractivity contribution in [1.29, 1.82) is 0 Å². The van der Waals surface area contributed by atoms with Gasteiger partial charge in [-0.3, -0.25) is 4.72 Å². The van der Waals surface area contributed by atoms with Crippen molar-refractivity contribution in [3.8, 4) is 5.75 Å². The van der Waals surface area contributed by atoms with Crippen molar-refractivity contribution in [2.75, 3.05) is 11.3 Å². The first-order valence-corrected chi connectivity index (χ1v) is 7.85. The molecule has 1 heterocycles. The van der Waals surface area contributed by atoms with Crippen molar-refractivity contribution < 1.29 is 17.5 Å². The minimum absolute atomic E-state index is 0.0635. The van der Waals surface area contributed by atoms with Crippen molar-refractivity contribution in [1.82, 2.24) is 4.98 Å². The topological polar surface area (TPSA) is 68.3 Å². The molecule has 0 amide bonds. The van der Waals surface area contributed by atoms with Gasteiger partial charge in [0.1, 0.15) is 10.0 Å². The Morgan fingerprint density at radius 2 is 2.10 bits per heavy atom. The first-order valence-electron chi connectivity index (χ1n) is 5.99. The molecule has 2 rings (SSSR count). The number of anilines is 1. The maximum absolute atomic E-state index is 13.7. The molecule has 0 saturated heterocycles. The number of nitrogens with one attached hydrogen (secondary N) is 1. The molecular formula is C13H12ClFN2O3S. The minimum Gasteiger partial charge on any atom is -0.491 e. The summed E-state index contributed by atoms with van der Waals surface area (Å²) in [5.41, 5.74) is 0.0888. The Balaban J connectivity index is 2.24. The maximum Gasteiger partial charge on any atom is 0.263 e. The van der Waals surface area contributed by atoms with Gasteiger partial charge in [-0.25, -0.2) is 17.8 Å². The highest BCUT2D eigenvalue weighted by Gasteiger charge is 2.15. The Morgan fingerprint density at radius 3 is 2.67 bits per heavy atom. The highest BCUT2D eigenvalue weighted by molar-refractivity contribution is 7.92. The number of halogens is 2. The average molecular weight is 331 g/mol. The van der Waals surface area contributed by atoms with E-state index in [4.69, 9.17) is 16.3 Å². The number of benzene rings is 1. The fourth-order valence-electron chi connectivity index (χ4n) is 1.57. The van der Waals surface area contributed by atoms with Crippen molar-refractivity contribution in [2.24, 2.45) is 0 Å². The first-order chi connectivity index (χ1) is 9.92. The summed E-state index contributed by atoms with van der Waals surface area (Å²) in [5, 5.41) is 0.182. The molecule has 21 heavy (non-hydrogen) atoms. The third-order valence-corrected chi connectivity index (χ3v) is 4.08. The van der Waals surface area contributed by atoms with Crippen LogP contribution in [-0.4, -0.2) is 20.0 Å².